The molecule has 2 N–H and O–H groups in total. The van der Waals surface area contributed by atoms with Gasteiger partial charge < -0.3 is 4.74 Å². The molecule has 2 rings (SSSR count). The molecule has 2 aromatic rings. The lowest BCUT2D eigenvalue weighted by atomic mass is 10.3. The van der Waals surface area contributed by atoms with Gasteiger partial charge in [0.2, 0.25) is 0 Å². The molecule has 0 fully saturated rings. The Kier molecular flexibility index (Phi) is 4.74. The van der Waals surface area contributed by atoms with Crippen molar-refractivity contribution in [1.29, 1.82) is 0 Å². The summed E-state index contributed by atoms with van der Waals surface area (Å²) in [6.07, 6.45) is 2.07. The van der Waals surface area contributed by atoms with Crippen LogP contribution in [-0.4, -0.2) is 25.2 Å². The van der Waals surface area contributed by atoms with Crippen molar-refractivity contribution in [3.8, 4) is 5.75 Å². The van der Waals surface area contributed by atoms with E-state index in [9.17, 15) is 8.42 Å². The van der Waals surface area contributed by atoms with Gasteiger partial charge in [-0.15, -0.1) is 0 Å². The summed E-state index contributed by atoms with van der Waals surface area (Å²) in [4.78, 5) is 0.0870. The van der Waals surface area contributed by atoms with E-state index in [0.717, 1.165) is 6.42 Å². The topological polar surface area (TPSA) is 84.1 Å². The number of rotatable bonds is 6. The number of sulfonamides is 1. The van der Waals surface area contributed by atoms with Gasteiger partial charge in [0.15, 0.2) is 0 Å². The van der Waals surface area contributed by atoms with Crippen LogP contribution in [0.4, 0.5) is 5.69 Å². The van der Waals surface area contributed by atoms with Gasteiger partial charge in [-0.25, -0.2) is 8.42 Å². The largest absolute Gasteiger partial charge is 0.491 e. The highest BCUT2D eigenvalue weighted by Crippen LogP contribution is 2.30. The zero-order valence-corrected chi connectivity index (χ0v) is 13.3. The second kappa shape index (κ2) is 6.36. The van der Waals surface area contributed by atoms with Crippen LogP contribution in [0.25, 0.3) is 0 Å². The smallest absolute Gasteiger partial charge is 0.265 e. The van der Waals surface area contributed by atoms with Crippen molar-refractivity contribution in [3.63, 3.8) is 0 Å². The molecule has 1 heterocycles. The van der Waals surface area contributed by atoms with E-state index in [1.165, 1.54) is 12.3 Å². The summed E-state index contributed by atoms with van der Waals surface area (Å²) in [7, 11) is -3.75. The Labute approximate surface area is 128 Å². The van der Waals surface area contributed by atoms with Gasteiger partial charge >= 0.3 is 0 Å². The number of aromatic amines is 1. The van der Waals surface area contributed by atoms with E-state index in [1.807, 2.05) is 6.92 Å². The lowest BCUT2D eigenvalue weighted by Gasteiger charge is -2.13. The van der Waals surface area contributed by atoms with Gasteiger partial charge in [0.25, 0.3) is 10.0 Å². The van der Waals surface area contributed by atoms with Crippen LogP contribution >= 0.6 is 11.6 Å². The van der Waals surface area contributed by atoms with Crippen molar-refractivity contribution in [2.45, 2.75) is 25.2 Å². The van der Waals surface area contributed by atoms with E-state index in [0.29, 0.717) is 28.8 Å². The van der Waals surface area contributed by atoms with Gasteiger partial charge in [0.1, 0.15) is 10.6 Å². The fourth-order valence-corrected chi connectivity index (χ4v) is 3.10. The number of hydrogen-bond donors (Lipinski definition) is 2. The van der Waals surface area contributed by atoms with Gasteiger partial charge in [-0.05, 0) is 31.5 Å². The maximum Gasteiger partial charge on any atom is 0.265 e. The summed E-state index contributed by atoms with van der Waals surface area (Å²) in [6, 6.07) is 4.80. The molecule has 6 nitrogen and oxygen atoms in total. The number of benzene rings is 1. The Balaban J connectivity index is 2.34. The van der Waals surface area contributed by atoms with Crippen LogP contribution in [0.3, 0.4) is 0 Å². The van der Waals surface area contributed by atoms with Crippen molar-refractivity contribution in [3.05, 3.63) is 35.1 Å². The Morgan fingerprint density at radius 2 is 2.19 bits per heavy atom. The number of nitrogens with zero attached hydrogens (tertiary/aromatic N) is 1. The number of H-pyrrole nitrogens is 1. The minimum atomic E-state index is -3.75. The first-order valence-corrected chi connectivity index (χ1v) is 8.25. The van der Waals surface area contributed by atoms with Crippen LogP contribution in [0.5, 0.6) is 5.75 Å². The molecule has 0 unspecified atom stereocenters. The first-order valence-electron chi connectivity index (χ1n) is 6.39. The average molecular weight is 330 g/mol. The summed E-state index contributed by atoms with van der Waals surface area (Å²) in [5.41, 5.74) is 0.761. The fourth-order valence-electron chi connectivity index (χ4n) is 1.73. The molecule has 0 spiro atoms. The van der Waals surface area contributed by atoms with Gasteiger partial charge in [0.05, 0.1) is 24.2 Å². The SMILES string of the molecule is CCCOc1ccc(Cl)cc1NS(=O)(=O)c1cn[nH]c1C. The van der Waals surface area contributed by atoms with E-state index in [-0.39, 0.29) is 4.90 Å². The number of aromatic nitrogens is 2. The number of nitrogens with one attached hydrogen (secondary N) is 2. The monoisotopic (exact) mass is 329 g/mol. The molecule has 114 valence electrons. The lowest BCUT2D eigenvalue weighted by Crippen LogP contribution is -2.14. The maximum absolute atomic E-state index is 12.4. The standard InChI is InChI=1S/C13H16ClN3O3S/c1-3-6-20-12-5-4-10(14)7-11(12)17-21(18,19)13-8-15-16-9(13)2/h4-5,7-8,17H,3,6H2,1-2H3,(H,15,16). The van der Waals surface area contributed by atoms with Crippen LogP contribution in [0, 0.1) is 6.92 Å². The third kappa shape index (κ3) is 3.68. The van der Waals surface area contributed by atoms with Crippen molar-refractivity contribution in [1.82, 2.24) is 10.2 Å². The zero-order valence-electron chi connectivity index (χ0n) is 11.7. The highest BCUT2D eigenvalue weighted by Gasteiger charge is 2.20. The molecular formula is C13H16ClN3O3S. The van der Waals surface area contributed by atoms with Crippen LogP contribution in [0.15, 0.2) is 29.3 Å². The van der Waals surface area contributed by atoms with Gasteiger partial charge in [-0.2, -0.15) is 5.10 Å². The average Bonchev–Trinajstić information content (AvgIpc) is 2.84. The first-order chi connectivity index (χ1) is 9.94. The second-order valence-electron chi connectivity index (χ2n) is 4.45. The van der Waals surface area contributed by atoms with E-state index < -0.39 is 10.0 Å². The van der Waals surface area contributed by atoms with Crippen LogP contribution in [-0.2, 0) is 10.0 Å². The molecule has 0 saturated heterocycles. The molecule has 0 aliphatic carbocycles. The molecule has 21 heavy (non-hydrogen) atoms. The number of halogens is 1. The second-order valence-corrected chi connectivity index (χ2v) is 6.54. The normalized spacial score (nSPS) is 11.4. The maximum atomic E-state index is 12.4. The number of aryl methyl sites for hydroxylation is 1. The van der Waals surface area contributed by atoms with Crippen molar-refractivity contribution < 1.29 is 13.2 Å². The molecule has 0 amide bonds. The molecule has 0 aliphatic rings. The summed E-state index contributed by atoms with van der Waals surface area (Å²) in [5.74, 6) is 0.436. The van der Waals surface area contributed by atoms with E-state index in [2.05, 4.69) is 14.9 Å². The van der Waals surface area contributed by atoms with Gasteiger partial charge in [-0.1, -0.05) is 18.5 Å². The van der Waals surface area contributed by atoms with E-state index >= 15 is 0 Å². The molecule has 0 aliphatic heterocycles. The molecule has 0 bridgehead atoms. The summed E-state index contributed by atoms with van der Waals surface area (Å²) < 4.78 is 32.7. The van der Waals surface area contributed by atoms with Crippen LogP contribution in [0.1, 0.15) is 19.0 Å². The summed E-state index contributed by atoms with van der Waals surface area (Å²) in [5, 5.41) is 6.73. The Bertz CT molecular complexity index is 728. The molecule has 1 aromatic carbocycles. The highest BCUT2D eigenvalue weighted by atomic mass is 35.5. The molecule has 0 saturated carbocycles. The number of ether oxygens (including phenoxy) is 1. The van der Waals surface area contributed by atoms with Gasteiger partial charge in [0, 0.05) is 5.02 Å². The minimum absolute atomic E-state index is 0.0870. The predicted octanol–water partition coefficient (Wildman–Crippen LogP) is 2.96. The zero-order chi connectivity index (χ0) is 15.5. The van der Waals surface area contributed by atoms with Crippen molar-refractivity contribution >= 4 is 27.3 Å². The third-order valence-electron chi connectivity index (χ3n) is 2.72. The molecule has 1 aromatic heterocycles. The first kappa shape index (κ1) is 15.7. The number of hydrogen-bond acceptors (Lipinski definition) is 4. The van der Waals surface area contributed by atoms with Crippen LogP contribution in [0.2, 0.25) is 5.02 Å². The molecular weight excluding hydrogens is 314 g/mol. The summed E-state index contributed by atoms with van der Waals surface area (Å²) in [6.45, 7) is 4.09. The number of anilines is 1. The quantitative estimate of drug-likeness (QED) is 0.853. The third-order valence-corrected chi connectivity index (χ3v) is 4.44. The Morgan fingerprint density at radius 1 is 1.43 bits per heavy atom. The van der Waals surface area contributed by atoms with E-state index in [1.54, 1.807) is 19.1 Å². The molecule has 0 atom stereocenters. The highest BCUT2D eigenvalue weighted by molar-refractivity contribution is 7.92. The van der Waals surface area contributed by atoms with Gasteiger partial charge in [-0.3, -0.25) is 9.82 Å². The van der Waals surface area contributed by atoms with E-state index in [4.69, 9.17) is 16.3 Å². The van der Waals surface area contributed by atoms with Crippen molar-refractivity contribution in [2.24, 2.45) is 0 Å². The Hall–Kier alpha value is -1.73. The Morgan fingerprint density at radius 3 is 2.81 bits per heavy atom. The predicted molar refractivity (Wildman–Crippen MR) is 81.4 cm³/mol. The molecule has 0 radical (unpaired) electrons. The lowest BCUT2D eigenvalue weighted by molar-refractivity contribution is 0.319. The van der Waals surface area contributed by atoms with Crippen molar-refractivity contribution in [2.75, 3.05) is 11.3 Å². The van der Waals surface area contributed by atoms with Crippen LogP contribution < -0.4 is 9.46 Å². The molecule has 8 heteroatoms. The minimum Gasteiger partial charge on any atom is -0.491 e. The fraction of sp³-hybridized carbons (Fsp3) is 0.308. The summed E-state index contributed by atoms with van der Waals surface area (Å²) >= 11 is 5.93.